The minimum Gasteiger partial charge on any atom is -0.444 e. The Labute approximate surface area is 197 Å². The molecule has 0 aliphatic carbocycles. The summed E-state index contributed by atoms with van der Waals surface area (Å²) in [5.74, 6) is 0.896. The zero-order valence-electron chi connectivity index (χ0n) is 17.7. The molecule has 0 bridgehead atoms. The second-order valence-electron chi connectivity index (χ2n) is 7.20. The molecule has 3 aromatic heterocycles. The molecule has 33 heavy (non-hydrogen) atoms. The molecule has 2 aromatic carbocycles. The molecular formula is C22H18ClN7O2S. The summed E-state index contributed by atoms with van der Waals surface area (Å²) in [4.78, 5) is 17.8. The van der Waals surface area contributed by atoms with Gasteiger partial charge in [-0.05, 0) is 41.6 Å². The maximum atomic E-state index is 13.3. The average Bonchev–Trinajstić information content (AvgIpc) is 3.53. The van der Waals surface area contributed by atoms with Crippen molar-refractivity contribution in [3.8, 4) is 22.8 Å². The van der Waals surface area contributed by atoms with Gasteiger partial charge in [-0.3, -0.25) is 9.48 Å². The van der Waals surface area contributed by atoms with Crippen LogP contribution in [0.2, 0.25) is 5.02 Å². The molecule has 0 saturated carbocycles. The number of nitrogens with zero attached hydrogens (tertiary/aromatic N) is 7. The molecule has 9 nitrogen and oxygen atoms in total. The first-order valence-corrected chi connectivity index (χ1v) is 11.4. The van der Waals surface area contributed by atoms with Crippen LogP contribution in [-0.4, -0.2) is 34.6 Å². The van der Waals surface area contributed by atoms with Gasteiger partial charge in [0.15, 0.2) is 5.69 Å². The lowest BCUT2D eigenvalue weighted by molar-refractivity contribution is 0.573. The van der Waals surface area contributed by atoms with Gasteiger partial charge in [-0.25, -0.2) is 9.67 Å². The minimum absolute atomic E-state index is 0.210. The molecule has 166 valence electrons. The van der Waals surface area contributed by atoms with Crippen LogP contribution in [0.1, 0.15) is 11.4 Å². The van der Waals surface area contributed by atoms with Crippen molar-refractivity contribution in [1.29, 1.82) is 0 Å². The minimum atomic E-state index is -0.210. The lowest BCUT2D eigenvalue weighted by atomic mass is 10.2. The van der Waals surface area contributed by atoms with E-state index in [1.165, 1.54) is 16.4 Å². The molecule has 0 atom stereocenters. The highest BCUT2D eigenvalue weighted by Gasteiger charge is 2.22. The number of aromatic nitrogens is 7. The van der Waals surface area contributed by atoms with E-state index in [0.29, 0.717) is 33.2 Å². The highest BCUT2D eigenvalue weighted by molar-refractivity contribution is 7.98. The Morgan fingerprint density at radius 2 is 1.85 bits per heavy atom. The van der Waals surface area contributed by atoms with Crippen molar-refractivity contribution >= 4 is 23.4 Å². The molecule has 0 radical (unpaired) electrons. The van der Waals surface area contributed by atoms with Crippen LogP contribution >= 0.6 is 23.4 Å². The fraction of sp³-hybridized carbons (Fsp3) is 0.136. The van der Waals surface area contributed by atoms with Crippen LogP contribution in [0, 0.1) is 6.92 Å². The second kappa shape index (κ2) is 8.72. The molecule has 3 heterocycles. The van der Waals surface area contributed by atoms with Crippen LogP contribution in [0.4, 0.5) is 0 Å². The van der Waals surface area contributed by atoms with E-state index in [9.17, 15) is 4.79 Å². The van der Waals surface area contributed by atoms with E-state index in [-0.39, 0.29) is 5.56 Å². The number of hydrogen-bond donors (Lipinski definition) is 0. The van der Waals surface area contributed by atoms with Crippen molar-refractivity contribution in [2.45, 2.75) is 17.8 Å². The van der Waals surface area contributed by atoms with Crippen molar-refractivity contribution in [3.05, 3.63) is 87.6 Å². The average molecular weight is 480 g/mol. The Hall–Kier alpha value is -3.63. The molecule has 11 heteroatoms. The Morgan fingerprint density at radius 3 is 2.64 bits per heavy atom. The van der Waals surface area contributed by atoms with E-state index in [1.54, 1.807) is 21.7 Å². The van der Waals surface area contributed by atoms with Crippen molar-refractivity contribution in [2.24, 2.45) is 7.05 Å². The summed E-state index contributed by atoms with van der Waals surface area (Å²) in [6.45, 7) is 1.86. The SMILES string of the molecule is Cc1c(-n2nnnc2SCc2coc(-c3ccccc3Cl)n2)c(=O)n(-c2ccccc2)n1C. The van der Waals surface area contributed by atoms with Crippen molar-refractivity contribution < 1.29 is 4.42 Å². The van der Waals surface area contributed by atoms with Gasteiger partial charge < -0.3 is 4.42 Å². The lowest BCUT2D eigenvalue weighted by Crippen LogP contribution is -2.22. The number of benzene rings is 2. The number of oxazole rings is 1. The van der Waals surface area contributed by atoms with Crippen molar-refractivity contribution in [3.63, 3.8) is 0 Å². The fourth-order valence-corrected chi connectivity index (χ4v) is 4.45. The normalized spacial score (nSPS) is 11.2. The fourth-order valence-electron chi connectivity index (χ4n) is 3.48. The lowest BCUT2D eigenvalue weighted by Gasteiger charge is -2.07. The van der Waals surface area contributed by atoms with Gasteiger partial charge in [0.2, 0.25) is 11.0 Å². The number of para-hydroxylation sites is 1. The summed E-state index contributed by atoms with van der Waals surface area (Å²) in [6, 6.07) is 16.8. The van der Waals surface area contributed by atoms with E-state index in [1.807, 2.05) is 62.5 Å². The van der Waals surface area contributed by atoms with Crippen LogP contribution in [-0.2, 0) is 12.8 Å². The maximum absolute atomic E-state index is 13.3. The Morgan fingerprint density at radius 1 is 1.09 bits per heavy atom. The van der Waals surface area contributed by atoms with Crippen LogP contribution in [0.5, 0.6) is 0 Å². The summed E-state index contributed by atoms with van der Waals surface area (Å²) >= 11 is 7.59. The predicted octanol–water partition coefficient (Wildman–Crippen LogP) is 4.06. The summed E-state index contributed by atoms with van der Waals surface area (Å²) < 4.78 is 10.4. The standard InChI is InChI=1S/C22H18ClN7O2S/c1-14-19(21(31)30(28(14)2)16-8-4-3-5-9-16)29-22(25-26-27-29)33-13-15-12-32-20(24-15)17-10-6-7-11-18(17)23/h3-12H,13H2,1-2H3. The smallest absolute Gasteiger partial charge is 0.297 e. The molecule has 0 aliphatic heterocycles. The number of hydrogen-bond acceptors (Lipinski definition) is 7. The largest absolute Gasteiger partial charge is 0.444 e. The van der Waals surface area contributed by atoms with Crippen LogP contribution in [0.15, 0.2) is 75.2 Å². The first kappa shape index (κ1) is 21.2. The first-order chi connectivity index (χ1) is 16.0. The van der Waals surface area contributed by atoms with Crippen molar-refractivity contribution in [2.75, 3.05) is 0 Å². The van der Waals surface area contributed by atoms with E-state index >= 15 is 0 Å². The van der Waals surface area contributed by atoms with Crippen molar-refractivity contribution in [1.82, 2.24) is 34.6 Å². The molecule has 0 unspecified atom stereocenters. The maximum Gasteiger partial charge on any atom is 0.297 e. The van der Waals surface area contributed by atoms with Crippen LogP contribution in [0.25, 0.3) is 22.8 Å². The summed E-state index contributed by atoms with van der Waals surface area (Å²) in [5, 5.41) is 13.0. The second-order valence-corrected chi connectivity index (χ2v) is 8.55. The number of rotatable bonds is 6. The molecule has 0 N–H and O–H groups in total. The monoisotopic (exact) mass is 479 g/mol. The number of thioether (sulfide) groups is 1. The molecule has 0 amide bonds. The van der Waals surface area contributed by atoms with E-state index in [2.05, 4.69) is 20.5 Å². The Balaban J connectivity index is 1.43. The van der Waals surface area contributed by atoms with Gasteiger partial charge in [0.05, 0.1) is 27.7 Å². The van der Waals surface area contributed by atoms with Gasteiger partial charge in [-0.1, -0.05) is 53.7 Å². The zero-order chi connectivity index (χ0) is 22.9. The third-order valence-corrected chi connectivity index (χ3v) is 6.46. The molecule has 0 saturated heterocycles. The van der Waals surface area contributed by atoms with Crippen LogP contribution in [0.3, 0.4) is 0 Å². The van der Waals surface area contributed by atoms with Gasteiger partial charge in [-0.2, -0.15) is 4.68 Å². The Bertz CT molecular complexity index is 1490. The molecule has 5 rings (SSSR count). The molecule has 0 fully saturated rings. The van der Waals surface area contributed by atoms with Gasteiger partial charge in [0.1, 0.15) is 6.26 Å². The van der Waals surface area contributed by atoms with Crippen LogP contribution < -0.4 is 5.56 Å². The van der Waals surface area contributed by atoms with E-state index in [4.69, 9.17) is 16.0 Å². The summed E-state index contributed by atoms with van der Waals surface area (Å²) in [5.41, 5.74) is 3.11. The Kier molecular flexibility index (Phi) is 5.61. The van der Waals surface area contributed by atoms with Gasteiger partial charge in [0, 0.05) is 12.8 Å². The highest BCUT2D eigenvalue weighted by Crippen LogP contribution is 2.29. The summed E-state index contributed by atoms with van der Waals surface area (Å²) in [6.07, 6.45) is 1.58. The molecular weight excluding hydrogens is 462 g/mol. The highest BCUT2D eigenvalue weighted by atomic mass is 35.5. The summed E-state index contributed by atoms with van der Waals surface area (Å²) in [7, 11) is 1.83. The quantitative estimate of drug-likeness (QED) is 0.339. The van der Waals surface area contributed by atoms with E-state index < -0.39 is 0 Å². The molecule has 0 aliphatic rings. The molecule has 0 spiro atoms. The third-order valence-electron chi connectivity index (χ3n) is 5.18. The zero-order valence-corrected chi connectivity index (χ0v) is 19.3. The first-order valence-electron chi connectivity index (χ1n) is 9.99. The topological polar surface area (TPSA) is 96.6 Å². The third kappa shape index (κ3) is 3.87. The van der Waals surface area contributed by atoms with Gasteiger partial charge in [0.25, 0.3) is 5.56 Å². The van der Waals surface area contributed by atoms with Gasteiger partial charge in [-0.15, -0.1) is 5.10 Å². The molecule has 5 aromatic rings. The van der Waals surface area contributed by atoms with Gasteiger partial charge >= 0.3 is 0 Å². The number of halogens is 1. The predicted molar refractivity (Wildman–Crippen MR) is 125 cm³/mol. The number of tetrazole rings is 1. The van der Waals surface area contributed by atoms with E-state index in [0.717, 1.165) is 16.9 Å².